The van der Waals surface area contributed by atoms with E-state index in [-0.39, 0.29) is 29.2 Å². The lowest BCUT2D eigenvalue weighted by Crippen LogP contribution is -2.45. The van der Waals surface area contributed by atoms with Crippen LogP contribution >= 0.6 is 0 Å². The van der Waals surface area contributed by atoms with Crippen molar-refractivity contribution in [1.82, 2.24) is 5.32 Å². The molecule has 2 amide bonds. The molecule has 1 aliphatic rings. The van der Waals surface area contributed by atoms with Crippen molar-refractivity contribution in [3.8, 4) is 11.5 Å². The predicted molar refractivity (Wildman–Crippen MR) is 135 cm³/mol. The highest BCUT2D eigenvalue weighted by atomic mass is 32.2. The van der Waals surface area contributed by atoms with Gasteiger partial charge < -0.3 is 25.4 Å². The average Bonchev–Trinajstić information content (AvgIpc) is 2.96. The number of hydrogen-bond donors (Lipinski definition) is 2. The first-order valence-electron chi connectivity index (χ1n) is 11.2. The molecule has 1 aliphatic heterocycles. The Kier molecular flexibility index (Phi) is 7.27. The normalized spacial score (nSPS) is 16.6. The van der Waals surface area contributed by atoms with Crippen molar-refractivity contribution in [2.45, 2.75) is 24.0 Å². The predicted octanol–water partition coefficient (Wildman–Crippen LogP) is 2.28. The van der Waals surface area contributed by atoms with Gasteiger partial charge in [-0.15, -0.1) is 0 Å². The Morgan fingerprint density at radius 1 is 0.972 bits per heavy atom. The molecule has 0 aliphatic carbocycles. The highest BCUT2D eigenvalue weighted by molar-refractivity contribution is 7.91. The second kappa shape index (κ2) is 10.4. The molecule has 1 atom stereocenters. The minimum atomic E-state index is -3.85. The number of nitrogens with two attached hydrogens (primary N) is 1. The maximum absolute atomic E-state index is 13.2. The van der Waals surface area contributed by atoms with Gasteiger partial charge in [-0.05, 0) is 53.6 Å². The lowest BCUT2D eigenvalue weighted by Gasteiger charge is -2.24. The van der Waals surface area contributed by atoms with Crippen LogP contribution in [0.2, 0.25) is 0 Å². The molecule has 3 N–H and O–H groups in total. The summed E-state index contributed by atoms with van der Waals surface area (Å²) in [6.45, 7) is 0.341. The van der Waals surface area contributed by atoms with Crippen LogP contribution in [0.25, 0.3) is 0 Å². The number of carbonyl (C=O) groups excluding carboxylic acids is 2. The van der Waals surface area contributed by atoms with Crippen LogP contribution in [0.5, 0.6) is 11.5 Å². The third-order valence-electron chi connectivity index (χ3n) is 5.94. The van der Waals surface area contributed by atoms with Gasteiger partial charge in [0.05, 0.1) is 43.1 Å². The Hall–Kier alpha value is -3.89. The van der Waals surface area contributed by atoms with Crippen LogP contribution in [0.4, 0.5) is 5.69 Å². The molecule has 0 aromatic heterocycles. The second-order valence-electron chi connectivity index (χ2n) is 8.37. The number of fused-ring (bicyclic) bond motifs is 1. The molecule has 36 heavy (non-hydrogen) atoms. The van der Waals surface area contributed by atoms with Crippen LogP contribution < -0.4 is 25.4 Å². The summed E-state index contributed by atoms with van der Waals surface area (Å²) < 4.78 is 36.3. The zero-order valence-electron chi connectivity index (χ0n) is 19.9. The molecular formula is C26H27N3O6S. The van der Waals surface area contributed by atoms with Gasteiger partial charge in [0.25, 0.3) is 5.91 Å². The van der Waals surface area contributed by atoms with Crippen molar-refractivity contribution in [2.75, 3.05) is 24.9 Å². The molecule has 0 unspecified atom stereocenters. The molecule has 0 saturated heterocycles. The maximum Gasteiger partial charge on any atom is 0.251 e. The average molecular weight is 510 g/mol. The van der Waals surface area contributed by atoms with Crippen LogP contribution in [-0.2, 0) is 27.7 Å². The molecule has 188 valence electrons. The number of nitrogens with one attached hydrogen (secondary N) is 1. The van der Waals surface area contributed by atoms with E-state index in [9.17, 15) is 18.0 Å². The Morgan fingerprint density at radius 2 is 1.56 bits per heavy atom. The Balaban J connectivity index is 1.65. The van der Waals surface area contributed by atoms with Gasteiger partial charge in [0.15, 0.2) is 9.84 Å². The molecule has 0 radical (unpaired) electrons. The molecule has 1 heterocycles. The monoisotopic (exact) mass is 509 g/mol. The van der Waals surface area contributed by atoms with Crippen molar-refractivity contribution >= 4 is 27.3 Å². The number of sulfone groups is 1. The number of amides is 2. The molecule has 0 fully saturated rings. The Bertz CT molecular complexity index is 1370. The van der Waals surface area contributed by atoms with Crippen LogP contribution in [0.15, 0.2) is 71.6 Å². The maximum atomic E-state index is 13.2. The van der Waals surface area contributed by atoms with Crippen LogP contribution in [0.1, 0.15) is 21.5 Å². The topological polar surface area (TPSA) is 128 Å². The molecule has 10 heteroatoms. The number of anilines is 1. The lowest BCUT2D eigenvalue weighted by atomic mass is 10.1. The lowest BCUT2D eigenvalue weighted by molar-refractivity contribution is -0.119. The summed E-state index contributed by atoms with van der Waals surface area (Å²) in [5, 5.41) is 2.82. The van der Waals surface area contributed by atoms with Crippen LogP contribution in [-0.4, -0.2) is 46.2 Å². The first-order chi connectivity index (χ1) is 17.2. The zero-order chi connectivity index (χ0) is 25.9. The summed E-state index contributed by atoms with van der Waals surface area (Å²) in [6, 6.07) is 17.3. The standard InChI is InChI=1S/C26H27N3O6S/c1-34-20-8-3-17(4-9-20)14-28-25(30)19-7-12-24-23(13-19)29(26(31)22(27)16-36(24,32)33)15-18-5-10-21(35-2)11-6-18/h3-13,22H,14-16,27H2,1-2H3,(H,28,30)/t22-/m0/s1. The van der Waals surface area contributed by atoms with E-state index in [1.807, 2.05) is 12.1 Å². The smallest absolute Gasteiger partial charge is 0.251 e. The Labute approximate surface area is 209 Å². The molecular weight excluding hydrogens is 482 g/mol. The van der Waals surface area contributed by atoms with E-state index in [2.05, 4.69) is 5.32 Å². The number of ether oxygens (including phenoxy) is 2. The number of rotatable bonds is 7. The van der Waals surface area contributed by atoms with Gasteiger partial charge in [0.1, 0.15) is 11.5 Å². The summed E-state index contributed by atoms with van der Waals surface area (Å²) >= 11 is 0. The number of hydrogen-bond acceptors (Lipinski definition) is 7. The second-order valence-corrected chi connectivity index (χ2v) is 10.4. The summed E-state index contributed by atoms with van der Waals surface area (Å²) in [5.41, 5.74) is 7.93. The van der Waals surface area contributed by atoms with Crippen LogP contribution in [0, 0.1) is 0 Å². The van der Waals surface area contributed by atoms with Gasteiger partial charge in [-0.25, -0.2) is 8.42 Å². The van der Waals surface area contributed by atoms with Gasteiger partial charge >= 0.3 is 0 Å². The first-order valence-corrected chi connectivity index (χ1v) is 12.8. The van der Waals surface area contributed by atoms with Gasteiger partial charge in [-0.2, -0.15) is 0 Å². The molecule has 0 saturated carbocycles. The van der Waals surface area contributed by atoms with Gasteiger partial charge in [0, 0.05) is 12.1 Å². The fourth-order valence-electron chi connectivity index (χ4n) is 3.95. The molecule has 0 spiro atoms. The molecule has 3 aromatic carbocycles. The SMILES string of the molecule is COc1ccc(CNC(=O)c2ccc3c(c2)N(Cc2ccc(OC)cc2)C(=O)[C@@H](N)CS3(=O)=O)cc1. The third-order valence-corrected chi connectivity index (χ3v) is 7.75. The number of methoxy groups -OCH3 is 2. The van der Waals surface area contributed by atoms with E-state index in [0.29, 0.717) is 11.5 Å². The van der Waals surface area contributed by atoms with E-state index >= 15 is 0 Å². The van der Waals surface area contributed by atoms with Crippen molar-refractivity contribution in [3.63, 3.8) is 0 Å². The van der Waals surface area contributed by atoms with E-state index in [1.54, 1.807) is 50.6 Å². The van der Waals surface area contributed by atoms with Gasteiger partial charge in [0.2, 0.25) is 5.91 Å². The third kappa shape index (κ3) is 5.34. The van der Waals surface area contributed by atoms with Crippen molar-refractivity contribution in [2.24, 2.45) is 5.73 Å². The highest BCUT2D eigenvalue weighted by Gasteiger charge is 2.36. The molecule has 9 nitrogen and oxygen atoms in total. The summed E-state index contributed by atoms with van der Waals surface area (Å²) in [7, 11) is -0.727. The Morgan fingerprint density at radius 3 is 2.14 bits per heavy atom. The summed E-state index contributed by atoms with van der Waals surface area (Å²) in [4.78, 5) is 27.4. The van der Waals surface area contributed by atoms with Crippen LogP contribution in [0.3, 0.4) is 0 Å². The fraction of sp³-hybridized carbons (Fsp3) is 0.231. The van der Waals surface area contributed by atoms with Crippen molar-refractivity contribution in [1.29, 1.82) is 0 Å². The number of carbonyl (C=O) groups is 2. The van der Waals surface area contributed by atoms with Gasteiger partial charge in [-0.3, -0.25) is 9.59 Å². The molecule has 0 bridgehead atoms. The fourth-order valence-corrected chi connectivity index (χ4v) is 5.51. The number of nitrogens with zero attached hydrogens (tertiary/aromatic N) is 1. The molecule has 3 aromatic rings. The first kappa shape index (κ1) is 25.2. The number of benzene rings is 3. The van der Waals surface area contributed by atoms with Crippen molar-refractivity contribution < 1.29 is 27.5 Å². The minimum Gasteiger partial charge on any atom is -0.497 e. The van der Waals surface area contributed by atoms with Crippen molar-refractivity contribution in [3.05, 3.63) is 83.4 Å². The highest BCUT2D eigenvalue weighted by Crippen LogP contribution is 2.33. The van der Waals surface area contributed by atoms with E-state index in [1.165, 1.54) is 23.1 Å². The quantitative estimate of drug-likeness (QED) is 0.500. The van der Waals surface area contributed by atoms with Gasteiger partial charge in [-0.1, -0.05) is 24.3 Å². The van der Waals surface area contributed by atoms with E-state index < -0.39 is 33.4 Å². The largest absolute Gasteiger partial charge is 0.497 e. The zero-order valence-corrected chi connectivity index (χ0v) is 20.7. The summed E-state index contributed by atoms with van der Waals surface area (Å²) in [5.74, 6) is -0.102. The minimum absolute atomic E-state index is 0.0379. The summed E-state index contributed by atoms with van der Waals surface area (Å²) in [6.07, 6.45) is 0. The van der Waals surface area contributed by atoms with E-state index in [4.69, 9.17) is 15.2 Å². The van der Waals surface area contributed by atoms with E-state index in [0.717, 1.165) is 11.1 Å². The molecule has 4 rings (SSSR count).